The Kier molecular flexibility index (Phi) is 5.54. The summed E-state index contributed by atoms with van der Waals surface area (Å²) < 4.78 is 19.8. The Balaban J connectivity index is 1.70. The largest absolute Gasteiger partial charge is 0.442 e. The Morgan fingerprint density at radius 2 is 2.19 bits per heavy atom. The SMILES string of the molecule is CC(=O)NC[C@H]1CN(c2ccc(N3C=NN(C(C)=S)CC3)c(F)c2)C(=O)O1. The van der Waals surface area contributed by atoms with E-state index in [-0.39, 0.29) is 19.0 Å². The zero-order chi connectivity index (χ0) is 19.6. The molecule has 1 atom stereocenters. The molecule has 1 aromatic carbocycles. The Hall–Kier alpha value is -2.75. The summed E-state index contributed by atoms with van der Waals surface area (Å²) in [4.78, 5) is 26.7. The molecule has 0 radical (unpaired) electrons. The van der Waals surface area contributed by atoms with Gasteiger partial charge in [0.25, 0.3) is 0 Å². The number of hydrazone groups is 1. The average molecular weight is 393 g/mol. The van der Waals surface area contributed by atoms with Gasteiger partial charge in [-0.1, -0.05) is 12.2 Å². The smallest absolute Gasteiger partial charge is 0.414 e. The first-order valence-electron chi connectivity index (χ1n) is 8.46. The Morgan fingerprint density at radius 3 is 2.78 bits per heavy atom. The molecule has 0 saturated carbocycles. The van der Waals surface area contributed by atoms with Gasteiger partial charge < -0.3 is 15.0 Å². The van der Waals surface area contributed by atoms with Gasteiger partial charge in [0, 0.05) is 13.5 Å². The number of thiocarbonyl (C=S) groups is 1. The number of carbonyl (C=O) groups is 2. The van der Waals surface area contributed by atoms with Gasteiger partial charge in [0.15, 0.2) is 0 Å². The molecule has 1 aromatic rings. The van der Waals surface area contributed by atoms with Crippen LogP contribution in [0.3, 0.4) is 0 Å². The lowest BCUT2D eigenvalue weighted by Crippen LogP contribution is -2.39. The summed E-state index contributed by atoms with van der Waals surface area (Å²) >= 11 is 5.08. The van der Waals surface area contributed by atoms with Crippen molar-refractivity contribution in [3.8, 4) is 0 Å². The van der Waals surface area contributed by atoms with Gasteiger partial charge >= 0.3 is 6.09 Å². The van der Waals surface area contributed by atoms with Gasteiger partial charge in [-0.25, -0.2) is 9.18 Å². The topological polar surface area (TPSA) is 77.5 Å². The van der Waals surface area contributed by atoms with E-state index in [0.717, 1.165) is 0 Å². The van der Waals surface area contributed by atoms with E-state index in [9.17, 15) is 14.0 Å². The number of nitrogens with one attached hydrogen (secondary N) is 1. The van der Waals surface area contributed by atoms with Crippen LogP contribution in [0.15, 0.2) is 23.3 Å². The van der Waals surface area contributed by atoms with Crippen LogP contribution in [0.2, 0.25) is 0 Å². The van der Waals surface area contributed by atoms with Crippen molar-refractivity contribution in [1.29, 1.82) is 0 Å². The third kappa shape index (κ3) is 4.33. The van der Waals surface area contributed by atoms with Crippen LogP contribution in [-0.2, 0) is 9.53 Å². The van der Waals surface area contributed by atoms with E-state index in [2.05, 4.69) is 10.4 Å². The number of anilines is 2. The standard InChI is InChI=1S/C17H20FN5O3S/c1-11(24)19-8-14-9-22(17(25)26-14)13-3-4-16(15(18)7-13)21-5-6-23(12(2)27)20-10-21/h3-4,7,10,14H,5-6,8-9H2,1-2H3,(H,19,24)/t14-/m0/s1. The second kappa shape index (κ2) is 7.87. The van der Waals surface area contributed by atoms with Crippen LogP contribution in [0.5, 0.6) is 0 Å². The van der Waals surface area contributed by atoms with Crippen molar-refractivity contribution in [3.63, 3.8) is 0 Å². The predicted molar refractivity (Wildman–Crippen MR) is 104 cm³/mol. The summed E-state index contributed by atoms with van der Waals surface area (Å²) in [6, 6.07) is 4.55. The van der Waals surface area contributed by atoms with E-state index < -0.39 is 18.0 Å². The number of ether oxygens (including phenoxy) is 1. The zero-order valence-electron chi connectivity index (χ0n) is 15.0. The number of hydrogen-bond acceptors (Lipinski definition) is 6. The number of cyclic esters (lactones) is 1. The molecule has 2 amide bonds. The quantitative estimate of drug-likeness (QED) is 0.785. The third-order valence-corrected chi connectivity index (χ3v) is 4.46. The molecular formula is C17H20FN5O3S. The van der Waals surface area contributed by atoms with Crippen LogP contribution in [0.25, 0.3) is 0 Å². The monoisotopic (exact) mass is 393 g/mol. The molecule has 27 heavy (non-hydrogen) atoms. The van der Waals surface area contributed by atoms with Gasteiger partial charge in [-0.2, -0.15) is 5.10 Å². The number of rotatable bonds is 4. The number of halogens is 1. The van der Waals surface area contributed by atoms with Crippen molar-refractivity contribution >= 4 is 46.9 Å². The molecule has 0 bridgehead atoms. The minimum atomic E-state index is -0.566. The number of carbonyl (C=O) groups excluding carboxylic acids is 2. The minimum Gasteiger partial charge on any atom is -0.442 e. The number of hydrogen-bond donors (Lipinski definition) is 1. The molecule has 10 heteroatoms. The highest BCUT2D eigenvalue weighted by atomic mass is 32.1. The average Bonchev–Trinajstić information content (AvgIpc) is 3.01. The maximum absolute atomic E-state index is 14.6. The summed E-state index contributed by atoms with van der Waals surface area (Å²) in [5.41, 5.74) is 0.767. The molecular weight excluding hydrogens is 373 g/mol. The summed E-state index contributed by atoms with van der Waals surface area (Å²) in [7, 11) is 0. The van der Waals surface area contributed by atoms with Crippen LogP contribution < -0.4 is 15.1 Å². The van der Waals surface area contributed by atoms with E-state index in [1.165, 1.54) is 24.2 Å². The lowest BCUT2D eigenvalue weighted by atomic mass is 10.2. The van der Waals surface area contributed by atoms with Crippen LogP contribution in [0, 0.1) is 5.82 Å². The van der Waals surface area contributed by atoms with Gasteiger partial charge in [0.1, 0.15) is 18.3 Å². The second-order valence-corrected chi connectivity index (χ2v) is 6.85. The van der Waals surface area contributed by atoms with Crippen molar-refractivity contribution < 1.29 is 18.7 Å². The first-order chi connectivity index (χ1) is 12.8. The highest BCUT2D eigenvalue weighted by Gasteiger charge is 2.33. The third-order valence-electron chi connectivity index (χ3n) is 4.25. The van der Waals surface area contributed by atoms with Crippen LogP contribution in [0.1, 0.15) is 13.8 Å². The minimum absolute atomic E-state index is 0.203. The molecule has 0 aromatic heterocycles. The molecule has 0 aliphatic carbocycles. The van der Waals surface area contributed by atoms with E-state index in [0.29, 0.717) is 29.5 Å². The summed E-state index contributed by atoms with van der Waals surface area (Å²) in [6.45, 7) is 4.74. The fourth-order valence-corrected chi connectivity index (χ4v) is 3.00. The predicted octanol–water partition coefficient (Wildman–Crippen LogP) is 1.70. The molecule has 0 spiro atoms. The molecule has 0 unspecified atom stereocenters. The maximum Gasteiger partial charge on any atom is 0.414 e. The summed E-state index contributed by atoms with van der Waals surface area (Å²) in [5.74, 6) is -0.671. The zero-order valence-corrected chi connectivity index (χ0v) is 15.8. The van der Waals surface area contributed by atoms with Gasteiger partial charge in [-0.15, -0.1) is 0 Å². The number of amides is 2. The Bertz CT molecular complexity index is 803. The van der Waals surface area contributed by atoms with Crippen molar-refractivity contribution in [2.24, 2.45) is 5.10 Å². The maximum atomic E-state index is 14.6. The second-order valence-electron chi connectivity index (χ2n) is 6.26. The van der Waals surface area contributed by atoms with Crippen LogP contribution in [-0.4, -0.2) is 60.6 Å². The molecule has 2 heterocycles. The molecule has 2 aliphatic rings. The normalized spacial score (nSPS) is 19.3. The molecule has 2 aliphatic heterocycles. The molecule has 1 saturated heterocycles. The van der Waals surface area contributed by atoms with Crippen LogP contribution in [0.4, 0.5) is 20.6 Å². The van der Waals surface area contributed by atoms with E-state index >= 15 is 0 Å². The Morgan fingerprint density at radius 1 is 1.41 bits per heavy atom. The molecule has 1 N–H and O–H groups in total. The van der Waals surface area contributed by atoms with Crippen molar-refractivity contribution in [2.75, 3.05) is 36.0 Å². The lowest BCUT2D eigenvalue weighted by Gasteiger charge is -2.29. The van der Waals surface area contributed by atoms with Crippen molar-refractivity contribution in [2.45, 2.75) is 20.0 Å². The Labute approximate surface area is 161 Å². The van der Waals surface area contributed by atoms with E-state index in [1.54, 1.807) is 29.0 Å². The van der Waals surface area contributed by atoms with Crippen molar-refractivity contribution in [3.05, 3.63) is 24.0 Å². The summed E-state index contributed by atoms with van der Waals surface area (Å²) in [6.07, 6.45) is 0.497. The fourth-order valence-electron chi connectivity index (χ4n) is 2.86. The van der Waals surface area contributed by atoms with Gasteiger partial charge in [0.05, 0.1) is 36.0 Å². The molecule has 1 fully saturated rings. The molecule has 3 rings (SSSR count). The number of benzene rings is 1. The van der Waals surface area contributed by atoms with Gasteiger partial charge in [-0.3, -0.25) is 14.7 Å². The molecule has 8 nitrogen and oxygen atoms in total. The van der Waals surface area contributed by atoms with E-state index in [1.807, 2.05) is 0 Å². The number of nitrogens with zero attached hydrogens (tertiary/aromatic N) is 4. The fraction of sp³-hybridized carbons (Fsp3) is 0.412. The van der Waals surface area contributed by atoms with Crippen LogP contribution >= 0.6 is 12.2 Å². The highest BCUT2D eigenvalue weighted by Crippen LogP contribution is 2.28. The highest BCUT2D eigenvalue weighted by molar-refractivity contribution is 7.80. The first-order valence-corrected chi connectivity index (χ1v) is 8.87. The van der Waals surface area contributed by atoms with E-state index in [4.69, 9.17) is 17.0 Å². The van der Waals surface area contributed by atoms with Gasteiger partial charge in [0.2, 0.25) is 5.91 Å². The van der Waals surface area contributed by atoms with Crippen molar-refractivity contribution in [1.82, 2.24) is 10.3 Å². The molecule has 144 valence electrons. The first kappa shape index (κ1) is 19.0. The van der Waals surface area contributed by atoms with Gasteiger partial charge in [-0.05, 0) is 25.1 Å². The summed E-state index contributed by atoms with van der Waals surface area (Å²) in [5, 5.41) is 8.47. The lowest BCUT2D eigenvalue weighted by molar-refractivity contribution is -0.119.